The van der Waals surface area contributed by atoms with Crippen molar-refractivity contribution in [3.05, 3.63) is 18.2 Å². The smallest absolute Gasteiger partial charge is 0.316 e. The Hall–Kier alpha value is -1.72. The van der Waals surface area contributed by atoms with E-state index in [1.165, 1.54) is 32.1 Å². The number of carbonyl (C=O) groups excluding carboxylic acids is 1. The van der Waals surface area contributed by atoms with Gasteiger partial charge in [-0.3, -0.25) is 4.79 Å². The first kappa shape index (κ1) is 18.1. The Bertz CT molecular complexity index is 538. The highest BCUT2D eigenvalue weighted by Gasteiger charge is 2.24. The van der Waals surface area contributed by atoms with Crippen molar-refractivity contribution >= 4 is 5.91 Å². The first-order valence-electron chi connectivity index (χ1n) is 9.62. The Morgan fingerprint density at radius 3 is 2.44 bits per heavy atom. The van der Waals surface area contributed by atoms with Gasteiger partial charge < -0.3 is 10.1 Å². The molecule has 1 amide bonds. The summed E-state index contributed by atoms with van der Waals surface area (Å²) in [5.41, 5.74) is 0. The van der Waals surface area contributed by atoms with Crippen LogP contribution in [-0.2, 0) is 4.79 Å². The number of hydrogen-bond acceptors (Lipinski definition) is 4. The predicted octanol–water partition coefficient (Wildman–Crippen LogP) is 3.78. The van der Waals surface area contributed by atoms with Gasteiger partial charge in [0.1, 0.15) is 6.10 Å². The van der Waals surface area contributed by atoms with Gasteiger partial charge in [0.2, 0.25) is 5.91 Å². The molecular formula is C19H28FN3O2. The number of rotatable bonds is 6. The summed E-state index contributed by atoms with van der Waals surface area (Å²) in [4.78, 5) is 19.8. The van der Waals surface area contributed by atoms with Crippen molar-refractivity contribution < 1.29 is 13.9 Å². The molecule has 1 aromatic heterocycles. The van der Waals surface area contributed by atoms with E-state index in [2.05, 4.69) is 15.3 Å². The Morgan fingerprint density at radius 1 is 1.08 bits per heavy atom. The molecule has 1 aromatic rings. The molecule has 25 heavy (non-hydrogen) atoms. The fourth-order valence-corrected chi connectivity index (χ4v) is 3.95. The molecule has 2 aliphatic rings. The standard InChI is InChI=1S/C19H28FN3O2/c20-15-12-21-19(22-13-15)25-17-9-7-16(8-10-17)23-18(24)11-6-14-4-2-1-3-5-14/h12-14,16-17H,1-11H2,(H,23,24). The van der Waals surface area contributed by atoms with Crippen LogP contribution in [0.15, 0.2) is 12.4 Å². The van der Waals surface area contributed by atoms with Gasteiger partial charge in [0.25, 0.3) is 0 Å². The Labute approximate surface area is 148 Å². The van der Waals surface area contributed by atoms with E-state index in [0.717, 1.165) is 50.4 Å². The Morgan fingerprint density at radius 2 is 1.76 bits per heavy atom. The van der Waals surface area contributed by atoms with Crippen LogP contribution in [0.1, 0.15) is 70.6 Å². The van der Waals surface area contributed by atoms with Crippen LogP contribution < -0.4 is 10.1 Å². The maximum Gasteiger partial charge on any atom is 0.316 e. The number of ether oxygens (including phenoxy) is 1. The average molecular weight is 349 g/mol. The molecule has 0 aliphatic heterocycles. The van der Waals surface area contributed by atoms with Crippen LogP contribution in [0.3, 0.4) is 0 Å². The van der Waals surface area contributed by atoms with Crippen molar-refractivity contribution in [2.24, 2.45) is 5.92 Å². The van der Waals surface area contributed by atoms with E-state index in [4.69, 9.17) is 4.74 Å². The molecule has 1 N–H and O–H groups in total. The zero-order valence-electron chi connectivity index (χ0n) is 14.8. The van der Waals surface area contributed by atoms with Gasteiger partial charge in [-0.25, -0.2) is 14.4 Å². The summed E-state index contributed by atoms with van der Waals surface area (Å²) < 4.78 is 18.5. The number of nitrogens with one attached hydrogen (secondary N) is 1. The van der Waals surface area contributed by atoms with Gasteiger partial charge in [-0.1, -0.05) is 32.1 Å². The molecule has 0 atom stereocenters. The van der Waals surface area contributed by atoms with Gasteiger partial charge in [0.15, 0.2) is 5.82 Å². The van der Waals surface area contributed by atoms with E-state index in [9.17, 15) is 9.18 Å². The highest BCUT2D eigenvalue weighted by Crippen LogP contribution is 2.27. The number of aromatic nitrogens is 2. The van der Waals surface area contributed by atoms with Gasteiger partial charge in [0, 0.05) is 12.5 Å². The maximum atomic E-state index is 12.8. The lowest BCUT2D eigenvalue weighted by Crippen LogP contribution is -2.39. The molecule has 5 nitrogen and oxygen atoms in total. The van der Waals surface area contributed by atoms with E-state index < -0.39 is 5.82 Å². The lowest BCUT2D eigenvalue weighted by atomic mass is 9.86. The zero-order valence-corrected chi connectivity index (χ0v) is 14.8. The topological polar surface area (TPSA) is 64.1 Å². The highest BCUT2D eigenvalue weighted by atomic mass is 19.1. The third kappa shape index (κ3) is 5.94. The number of amides is 1. The summed E-state index contributed by atoms with van der Waals surface area (Å²) in [5, 5.41) is 3.17. The largest absolute Gasteiger partial charge is 0.460 e. The summed E-state index contributed by atoms with van der Waals surface area (Å²) >= 11 is 0. The molecule has 3 rings (SSSR count). The lowest BCUT2D eigenvalue weighted by Gasteiger charge is -2.29. The SMILES string of the molecule is O=C(CCC1CCCCC1)NC1CCC(Oc2ncc(F)cn2)CC1. The minimum absolute atomic E-state index is 0.0425. The van der Waals surface area contributed by atoms with E-state index in [1.807, 2.05) is 0 Å². The van der Waals surface area contributed by atoms with Crippen LogP contribution in [0.25, 0.3) is 0 Å². The van der Waals surface area contributed by atoms with Crippen LogP contribution in [0.2, 0.25) is 0 Å². The fraction of sp³-hybridized carbons (Fsp3) is 0.737. The van der Waals surface area contributed by atoms with Crippen LogP contribution in [0.4, 0.5) is 4.39 Å². The molecule has 0 bridgehead atoms. The van der Waals surface area contributed by atoms with Crippen molar-refractivity contribution in [1.29, 1.82) is 0 Å². The van der Waals surface area contributed by atoms with Crippen molar-refractivity contribution in [2.45, 2.75) is 82.8 Å². The molecule has 6 heteroatoms. The van der Waals surface area contributed by atoms with Crippen molar-refractivity contribution in [2.75, 3.05) is 0 Å². The minimum Gasteiger partial charge on any atom is -0.460 e. The normalized spacial score (nSPS) is 24.7. The second-order valence-electron chi connectivity index (χ2n) is 7.39. The van der Waals surface area contributed by atoms with Crippen LogP contribution in [0.5, 0.6) is 6.01 Å². The second kappa shape index (κ2) is 9.11. The third-order valence-corrected chi connectivity index (χ3v) is 5.41. The van der Waals surface area contributed by atoms with Crippen molar-refractivity contribution in [1.82, 2.24) is 15.3 Å². The minimum atomic E-state index is -0.466. The molecule has 2 fully saturated rings. The van der Waals surface area contributed by atoms with E-state index >= 15 is 0 Å². The summed E-state index contributed by atoms with van der Waals surface area (Å²) in [6.45, 7) is 0. The number of hydrogen-bond donors (Lipinski definition) is 1. The summed E-state index contributed by atoms with van der Waals surface area (Å²) in [5.74, 6) is 0.475. The summed E-state index contributed by atoms with van der Waals surface area (Å²) in [6, 6.07) is 0.467. The fourth-order valence-electron chi connectivity index (χ4n) is 3.95. The van der Waals surface area contributed by atoms with E-state index in [0.29, 0.717) is 6.42 Å². The van der Waals surface area contributed by atoms with Gasteiger partial charge in [-0.15, -0.1) is 0 Å². The average Bonchev–Trinajstić information content (AvgIpc) is 2.64. The number of nitrogens with zero attached hydrogens (tertiary/aromatic N) is 2. The third-order valence-electron chi connectivity index (χ3n) is 5.41. The van der Waals surface area contributed by atoms with Crippen LogP contribution in [0, 0.1) is 11.7 Å². The van der Waals surface area contributed by atoms with Crippen molar-refractivity contribution in [3.8, 4) is 6.01 Å². The highest BCUT2D eigenvalue weighted by molar-refractivity contribution is 5.76. The molecule has 2 saturated carbocycles. The maximum absolute atomic E-state index is 12.8. The zero-order chi connectivity index (χ0) is 17.5. The Balaban J connectivity index is 1.33. The number of carbonyl (C=O) groups is 1. The molecule has 0 radical (unpaired) electrons. The Kier molecular flexibility index (Phi) is 6.59. The van der Waals surface area contributed by atoms with Crippen LogP contribution >= 0.6 is 0 Å². The quantitative estimate of drug-likeness (QED) is 0.849. The van der Waals surface area contributed by atoms with Gasteiger partial charge in [-0.05, 0) is 38.0 Å². The molecule has 2 aliphatic carbocycles. The lowest BCUT2D eigenvalue weighted by molar-refractivity contribution is -0.122. The predicted molar refractivity (Wildman–Crippen MR) is 92.6 cm³/mol. The first-order valence-corrected chi connectivity index (χ1v) is 9.62. The second-order valence-corrected chi connectivity index (χ2v) is 7.39. The molecular weight excluding hydrogens is 321 g/mol. The molecule has 138 valence electrons. The van der Waals surface area contributed by atoms with Crippen molar-refractivity contribution in [3.63, 3.8) is 0 Å². The molecule has 0 spiro atoms. The molecule has 0 aromatic carbocycles. The van der Waals surface area contributed by atoms with E-state index in [1.54, 1.807) is 0 Å². The summed E-state index contributed by atoms with van der Waals surface area (Å²) in [6.07, 6.45) is 14.1. The monoisotopic (exact) mass is 349 g/mol. The molecule has 0 unspecified atom stereocenters. The molecule has 1 heterocycles. The van der Waals surface area contributed by atoms with Gasteiger partial charge in [-0.2, -0.15) is 0 Å². The molecule has 0 saturated heterocycles. The number of halogens is 1. The van der Waals surface area contributed by atoms with Gasteiger partial charge in [0.05, 0.1) is 12.4 Å². The van der Waals surface area contributed by atoms with E-state index in [-0.39, 0.29) is 24.1 Å². The first-order chi connectivity index (χ1) is 12.2. The van der Waals surface area contributed by atoms with Gasteiger partial charge >= 0.3 is 6.01 Å². The summed E-state index contributed by atoms with van der Waals surface area (Å²) in [7, 11) is 0. The van der Waals surface area contributed by atoms with Crippen LogP contribution in [-0.4, -0.2) is 28.0 Å².